The van der Waals surface area contributed by atoms with Gasteiger partial charge in [-0.15, -0.1) is 0 Å². The zero-order valence-corrected chi connectivity index (χ0v) is 14.3. The van der Waals surface area contributed by atoms with Crippen LogP contribution in [0.3, 0.4) is 0 Å². The van der Waals surface area contributed by atoms with Gasteiger partial charge in [0.2, 0.25) is 0 Å². The molecule has 5 nitrogen and oxygen atoms in total. The molecule has 0 aromatic heterocycles. The molecule has 0 spiro atoms. The lowest BCUT2D eigenvalue weighted by Gasteiger charge is -2.15. The average molecular weight is 348 g/mol. The number of benzene rings is 2. The Balaban J connectivity index is 1.94. The van der Waals surface area contributed by atoms with Gasteiger partial charge in [-0.1, -0.05) is 17.7 Å². The maximum atomic E-state index is 12.7. The number of halogens is 1. The summed E-state index contributed by atoms with van der Waals surface area (Å²) in [6.45, 7) is 2.97. The summed E-state index contributed by atoms with van der Waals surface area (Å²) in [5, 5.41) is 3.46. The molecule has 126 valence electrons. The van der Waals surface area contributed by atoms with Crippen LogP contribution in [-0.2, 0) is 0 Å². The van der Waals surface area contributed by atoms with Gasteiger partial charge in [-0.3, -0.25) is 4.79 Å². The van der Waals surface area contributed by atoms with Crippen LogP contribution in [0.4, 0.5) is 5.69 Å². The van der Waals surface area contributed by atoms with Gasteiger partial charge >= 0.3 is 0 Å². The van der Waals surface area contributed by atoms with E-state index < -0.39 is 0 Å². The molecule has 0 radical (unpaired) electrons. The molecule has 1 aliphatic heterocycles. The van der Waals surface area contributed by atoms with Crippen LogP contribution in [0.15, 0.2) is 30.3 Å². The van der Waals surface area contributed by atoms with Gasteiger partial charge in [0, 0.05) is 29.3 Å². The zero-order chi connectivity index (χ0) is 17.1. The molecule has 24 heavy (non-hydrogen) atoms. The molecule has 1 heterocycles. The molecule has 0 fully saturated rings. The fourth-order valence-electron chi connectivity index (χ4n) is 2.47. The summed E-state index contributed by atoms with van der Waals surface area (Å²) in [5.41, 5.74) is 1.84. The number of fused-ring (bicyclic) bond motifs is 1. The molecule has 0 atom stereocenters. The first-order valence-electron chi connectivity index (χ1n) is 7.64. The molecule has 0 unspecified atom stereocenters. The number of rotatable bonds is 3. The van der Waals surface area contributed by atoms with E-state index in [1.807, 2.05) is 6.92 Å². The highest BCUT2D eigenvalue weighted by Gasteiger charge is 2.20. The molecule has 1 amide bonds. The topological polar surface area (TPSA) is 56.8 Å². The highest BCUT2D eigenvalue weighted by molar-refractivity contribution is 6.31. The molecule has 0 bridgehead atoms. The van der Waals surface area contributed by atoms with Gasteiger partial charge < -0.3 is 19.5 Å². The van der Waals surface area contributed by atoms with Gasteiger partial charge in [0.25, 0.3) is 5.91 Å². The predicted molar refractivity (Wildman–Crippen MR) is 92.7 cm³/mol. The highest BCUT2D eigenvalue weighted by atomic mass is 35.5. The van der Waals surface area contributed by atoms with Crippen molar-refractivity contribution < 1.29 is 19.0 Å². The Morgan fingerprint density at radius 3 is 2.62 bits per heavy atom. The van der Waals surface area contributed by atoms with Crippen molar-refractivity contribution in [2.75, 3.05) is 25.6 Å². The second-order valence-electron chi connectivity index (χ2n) is 5.42. The Morgan fingerprint density at radius 1 is 1.21 bits per heavy atom. The summed E-state index contributed by atoms with van der Waals surface area (Å²) in [6, 6.07) is 8.70. The molecular weight excluding hydrogens is 330 g/mol. The first-order chi connectivity index (χ1) is 11.6. The van der Waals surface area contributed by atoms with Gasteiger partial charge in [-0.2, -0.15) is 0 Å². The van der Waals surface area contributed by atoms with E-state index in [0.717, 1.165) is 12.0 Å². The van der Waals surface area contributed by atoms with Crippen molar-refractivity contribution in [2.45, 2.75) is 13.3 Å². The second-order valence-corrected chi connectivity index (χ2v) is 5.82. The molecule has 1 N–H and O–H groups in total. The quantitative estimate of drug-likeness (QED) is 0.909. The average Bonchev–Trinajstić information content (AvgIpc) is 2.82. The monoisotopic (exact) mass is 347 g/mol. The summed E-state index contributed by atoms with van der Waals surface area (Å²) in [5.74, 6) is 1.25. The lowest BCUT2D eigenvalue weighted by Crippen LogP contribution is -2.14. The fourth-order valence-corrected chi connectivity index (χ4v) is 2.64. The lowest BCUT2D eigenvalue weighted by molar-refractivity contribution is 0.102. The van der Waals surface area contributed by atoms with E-state index in [4.69, 9.17) is 25.8 Å². The van der Waals surface area contributed by atoms with E-state index >= 15 is 0 Å². The third kappa shape index (κ3) is 3.26. The number of carbonyl (C=O) groups excluding carboxylic acids is 1. The summed E-state index contributed by atoms with van der Waals surface area (Å²) < 4.78 is 16.6. The fraction of sp³-hybridized carbons (Fsp3) is 0.278. The molecule has 6 heteroatoms. The predicted octanol–water partition coefficient (Wildman–Crippen LogP) is 4.07. The number of carbonyl (C=O) groups is 1. The van der Waals surface area contributed by atoms with Crippen molar-refractivity contribution >= 4 is 23.2 Å². The summed E-state index contributed by atoms with van der Waals surface area (Å²) in [4.78, 5) is 12.7. The van der Waals surface area contributed by atoms with Crippen LogP contribution in [0, 0.1) is 6.92 Å². The smallest absolute Gasteiger partial charge is 0.259 e. The first kappa shape index (κ1) is 16.5. The van der Waals surface area contributed by atoms with E-state index in [1.54, 1.807) is 30.3 Å². The minimum Gasteiger partial charge on any atom is -0.496 e. The molecule has 0 saturated heterocycles. The number of anilines is 1. The zero-order valence-electron chi connectivity index (χ0n) is 13.5. The standard InChI is InChI=1S/C18H18ClNO4/c1-11-13(19)5-3-6-14(11)20-18(21)12-9-16-17(10-15(12)22-2)24-8-4-7-23-16/h3,5-6,9-10H,4,7-8H2,1-2H3,(H,20,21). The minimum atomic E-state index is -0.298. The Morgan fingerprint density at radius 2 is 1.92 bits per heavy atom. The molecular formula is C18H18ClNO4. The van der Waals surface area contributed by atoms with Gasteiger partial charge in [0.15, 0.2) is 11.5 Å². The Labute approximate surface area is 145 Å². The molecule has 2 aromatic rings. The Kier molecular flexibility index (Phi) is 4.81. The van der Waals surface area contributed by atoms with Gasteiger partial charge in [0.05, 0.1) is 25.9 Å². The van der Waals surface area contributed by atoms with E-state index in [-0.39, 0.29) is 5.91 Å². The third-order valence-electron chi connectivity index (χ3n) is 3.83. The highest BCUT2D eigenvalue weighted by Crippen LogP contribution is 2.37. The van der Waals surface area contributed by atoms with Crippen molar-refractivity contribution in [1.82, 2.24) is 0 Å². The number of hydrogen-bond acceptors (Lipinski definition) is 4. The molecule has 3 rings (SSSR count). The van der Waals surface area contributed by atoms with E-state index in [9.17, 15) is 4.79 Å². The molecule has 1 aliphatic rings. The van der Waals surface area contributed by atoms with Crippen molar-refractivity contribution in [2.24, 2.45) is 0 Å². The number of methoxy groups -OCH3 is 1. The van der Waals surface area contributed by atoms with Crippen molar-refractivity contribution in [3.8, 4) is 17.2 Å². The number of hydrogen-bond donors (Lipinski definition) is 1. The van der Waals surface area contributed by atoms with E-state index in [2.05, 4.69) is 5.32 Å². The van der Waals surface area contributed by atoms with Crippen LogP contribution in [-0.4, -0.2) is 26.2 Å². The molecule has 0 aliphatic carbocycles. The normalized spacial score (nSPS) is 13.1. The van der Waals surface area contributed by atoms with Gasteiger partial charge in [0.1, 0.15) is 5.75 Å². The maximum absolute atomic E-state index is 12.7. The summed E-state index contributed by atoms with van der Waals surface area (Å²) >= 11 is 6.10. The van der Waals surface area contributed by atoms with Crippen molar-refractivity contribution in [3.05, 3.63) is 46.5 Å². The second kappa shape index (κ2) is 7.01. The van der Waals surface area contributed by atoms with Gasteiger partial charge in [-0.25, -0.2) is 0 Å². The lowest BCUT2D eigenvalue weighted by atomic mass is 10.1. The Bertz CT molecular complexity index is 776. The van der Waals surface area contributed by atoms with Gasteiger partial charge in [-0.05, 0) is 24.6 Å². The largest absolute Gasteiger partial charge is 0.496 e. The summed E-state index contributed by atoms with van der Waals surface area (Å²) in [6.07, 6.45) is 0.792. The van der Waals surface area contributed by atoms with Crippen LogP contribution in [0.25, 0.3) is 0 Å². The van der Waals surface area contributed by atoms with E-state index in [0.29, 0.717) is 46.7 Å². The van der Waals surface area contributed by atoms with Crippen LogP contribution in [0.5, 0.6) is 17.2 Å². The number of nitrogens with one attached hydrogen (secondary N) is 1. The number of amides is 1. The van der Waals surface area contributed by atoms with Crippen LogP contribution < -0.4 is 19.5 Å². The van der Waals surface area contributed by atoms with Crippen molar-refractivity contribution in [3.63, 3.8) is 0 Å². The Hall–Kier alpha value is -2.40. The summed E-state index contributed by atoms with van der Waals surface area (Å²) in [7, 11) is 1.51. The minimum absolute atomic E-state index is 0.298. The molecule has 0 saturated carbocycles. The van der Waals surface area contributed by atoms with Crippen LogP contribution >= 0.6 is 11.6 Å². The SMILES string of the molecule is COc1cc2c(cc1C(=O)Nc1cccc(Cl)c1C)OCCCO2. The van der Waals surface area contributed by atoms with Crippen LogP contribution in [0.2, 0.25) is 5.02 Å². The third-order valence-corrected chi connectivity index (χ3v) is 4.24. The number of ether oxygens (including phenoxy) is 3. The molecule has 2 aromatic carbocycles. The first-order valence-corrected chi connectivity index (χ1v) is 8.02. The maximum Gasteiger partial charge on any atom is 0.259 e. The van der Waals surface area contributed by atoms with E-state index in [1.165, 1.54) is 7.11 Å². The van der Waals surface area contributed by atoms with Crippen LogP contribution in [0.1, 0.15) is 22.3 Å². The van der Waals surface area contributed by atoms with Crippen molar-refractivity contribution in [1.29, 1.82) is 0 Å².